The summed E-state index contributed by atoms with van der Waals surface area (Å²) in [5.74, 6) is 4.77. The first-order valence-electron chi connectivity index (χ1n) is 8.38. The highest BCUT2D eigenvalue weighted by molar-refractivity contribution is 7.99. The van der Waals surface area contributed by atoms with Crippen LogP contribution in [0.4, 0.5) is 4.39 Å². The van der Waals surface area contributed by atoms with E-state index >= 15 is 0 Å². The van der Waals surface area contributed by atoms with E-state index in [0.717, 1.165) is 16.4 Å². The molecule has 0 atom stereocenters. The second-order valence-electron chi connectivity index (χ2n) is 5.64. The van der Waals surface area contributed by atoms with Crippen LogP contribution in [0.25, 0.3) is 0 Å². The minimum atomic E-state index is -0.501. The number of nitrogens with one attached hydrogen (secondary N) is 2. The van der Waals surface area contributed by atoms with Gasteiger partial charge in [-0.2, -0.15) is 0 Å². The van der Waals surface area contributed by atoms with E-state index in [1.54, 1.807) is 42.5 Å². The van der Waals surface area contributed by atoms with Gasteiger partial charge in [-0.1, -0.05) is 42.1 Å². The first kappa shape index (κ1) is 20.1. The minimum Gasteiger partial charge on any atom is -0.482 e. The molecule has 0 saturated carbocycles. The van der Waals surface area contributed by atoms with E-state index in [2.05, 4.69) is 21.0 Å². The number of carbonyl (C=O) groups is 2. The molecule has 3 aromatic rings. The topological polar surface area (TPSA) is 124 Å². The van der Waals surface area contributed by atoms with Gasteiger partial charge in [-0.3, -0.25) is 20.4 Å². The summed E-state index contributed by atoms with van der Waals surface area (Å²) in [6.45, 7) is -0.0929. The number of amides is 2. The summed E-state index contributed by atoms with van der Waals surface area (Å²) in [6, 6.07) is 14.4. The Morgan fingerprint density at radius 2 is 1.79 bits per heavy atom. The van der Waals surface area contributed by atoms with E-state index in [4.69, 9.17) is 10.6 Å². The van der Waals surface area contributed by atoms with Crippen LogP contribution >= 0.6 is 11.8 Å². The Morgan fingerprint density at radius 1 is 1.07 bits per heavy atom. The third-order valence-electron chi connectivity index (χ3n) is 3.61. The number of carbonyl (C=O) groups excluding carboxylic acids is 2. The van der Waals surface area contributed by atoms with Crippen molar-refractivity contribution in [3.8, 4) is 5.75 Å². The zero-order valence-electron chi connectivity index (χ0n) is 15.0. The first-order valence-corrected chi connectivity index (χ1v) is 9.37. The molecule has 1 aromatic heterocycles. The molecule has 0 aliphatic heterocycles. The number of ether oxygens (including phenoxy) is 1. The maximum Gasteiger partial charge on any atom is 0.269 e. The van der Waals surface area contributed by atoms with Gasteiger partial charge < -0.3 is 10.6 Å². The summed E-state index contributed by atoms with van der Waals surface area (Å²) >= 11 is 1.02. The molecule has 0 saturated heterocycles. The third-order valence-corrected chi connectivity index (χ3v) is 4.56. The summed E-state index contributed by atoms with van der Waals surface area (Å²) in [7, 11) is 0. The van der Waals surface area contributed by atoms with Gasteiger partial charge in [0.15, 0.2) is 17.4 Å². The number of hydrogen-bond donors (Lipinski definition) is 3. The average Bonchev–Trinajstić information content (AvgIpc) is 3.10. The molecular weight excluding hydrogens is 399 g/mol. The lowest BCUT2D eigenvalue weighted by Gasteiger charge is -2.08. The van der Waals surface area contributed by atoms with Crippen LogP contribution in [0.3, 0.4) is 0 Å². The smallest absolute Gasteiger partial charge is 0.269 e. The normalized spacial score (nSPS) is 10.4. The van der Waals surface area contributed by atoms with Crippen molar-refractivity contribution in [1.82, 2.24) is 25.7 Å². The number of para-hydroxylation sites is 1. The molecular formula is C18H17FN6O3S. The van der Waals surface area contributed by atoms with E-state index < -0.39 is 17.6 Å². The van der Waals surface area contributed by atoms with Crippen molar-refractivity contribution in [3.05, 3.63) is 71.8 Å². The SMILES string of the molecule is Nn1c(COc2ccccc2F)nnc1SCC(=O)NNC(=O)c1ccccc1. The Balaban J connectivity index is 1.46. The Hall–Kier alpha value is -3.60. The number of nitrogen functional groups attached to an aromatic ring is 1. The van der Waals surface area contributed by atoms with Gasteiger partial charge in [0.1, 0.15) is 6.61 Å². The van der Waals surface area contributed by atoms with Crippen LogP contribution in [0, 0.1) is 5.82 Å². The molecule has 9 nitrogen and oxygen atoms in total. The maximum atomic E-state index is 13.6. The lowest BCUT2D eigenvalue weighted by atomic mass is 10.2. The number of benzene rings is 2. The number of hydrazine groups is 1. The van der Waals surface area contributed by atoms with Crippen molar-refractivity contribution in [2.75, 3.05) is 11.6 Å². The van der Waals surface area contributed by atoms with Crippen LogP contribution in [-0.4, -0.2) is 32.4 Å². The largest absolute Gasteiger partial charge is 0.482 e. The van der Waals surface area contributed by atoms with Gasteiger partial charge in [0, 0.05) is 5.56 Å². The number of thioether (sulfide) groups is 1. The van der Waals surface area contributed by atoms with Crippen LogP contribution in [0.2, 0.25) is 0 Å². The number of nitrogens with two attached hydrogens (primary N) is 1. The van der Waals surface area contributed by atoms with Crippen LogP contribution in [0.5, 0.6) is 5.75 Å². The molecule has 0 fully saturated rings. The number of hydrogen-bond acceptors (Lipinski definition) is 7. The van der Waals surface area contributed by atoms with E-state index in [0.29, 0.717) is 5.56 Å². The average molecular weight is 416 g/mol. The number of rotatable bonds is 7. The maximum absolute atomic E-state index is 13.6. The van der Waals surface area contributed by atoms with E-state index in [-0.39, 0.29) is 29.1 Å². The summed E-state index contributed by atoms with van der Waals surface area (Å²) in [4.78, 5) is 23.8. The van der Waals surface area contributed by atoms with Crippen molar-refractivity contribution in [2.45, 2.75) is 11.8 Å². The molecule has 0 spiro atoms. The van der Waals surface area contributed by atoms with Crippen LogP contribution in [-0.2, 0) is 11.4 Å². The molecule has 4 N–H and O–H groups in total. The standard InChI is InChI=1S/C18H17FN6O3S/c19-13-8-4-5-9-14(13)28-10-15-21-24-18(25(15)20)29-11-16(26)22-23-17(27)12-6-2-1-3-7-12/h1-9H,10-11,20H2,(H,22,26)(H,23,27). The minimum absolute atomic E-state index is 0.0570. The fraction of sp³-hybridized carbons (Fsp3) is 0.111. The molecule has 29 heavy (non-hydrogen) atoms. The second kappa shape index (κ2) is 9.55. The molecule has 150 valence electrons. The summed E-state index contributed by atoms with van der Waals surface area (Å²) in [5.41, 5.74) is 5.04. The van der Waals surface area contributed by atoms with Crippen molar-refractivity contribution < 1.29 is 18.7 Å². The zero-order chi connectivity index (χ0) is 20.6. The van der Waals surface area contributed by atoms with Crippen LogP contribution in [0.15, 0.2) is 59.8 Å². The van der Waals surface area contributed by atoms with Crippen molar-refractivity contribution in [1.29, 1.82) is 0 Å². The lowest BCUT2D eigenvalue weighted by molar-refractivity contribution is -0.119. The Labute approximate surface area is 169 Å². The molecule has 0 radical (unpaired) electrons. The number of halogens is 1. The van der Waals surface area contributed by atoms with E-state index in [9.17, 15) is 14.0 Å². The quantitative estimate of drug-likeness (QED) is 0.301. The van der Waals surface area contributed by atoms with E-state index in [1.165, 1.54) is 12.1 Å². The lowest BCUT2D eigenvalue weighted by Crippen LogP contribution is -2.42. The Bertz CT molecular complexity index is 998. The summed E-state index contributed by atoms with van der Waals surface area (Å²) in [5, 5.41) is 8.01. The molecule has 0 aliphatic carbocycles. The molecule has 2 amide bonds. The predicted octanol–water partition coefficient (Wildman–Crippen LogP) is 1.26. The van der Waals surface area contributed by atoms with Gasteiger partial charge in [-0.25, -0.2) is 9.07 Å². The van der Waals surface area contributed by atoms with Crippen molar-refractivity contribution >= 4 is 23.6 Å². The molecule has 2 aromatic carbocycles. The van der Waals surface area contributed by atoms with Gasteiger partial charge in [-0.15, -0.1) is 10.2 Å². The van der Waals surface area contributed by atoms with E-state index in [1.807, 2.05) is 0 Å². The van der Waals surface area contributed by atoms with Gasteiger partial charge in [0.2, 0.25) is 11.1 Å². The zero-order valence-corrected chi connectivity index (χ0v) is 15.9. The van der Waals surface area contributed by atoms with Crippen molar-refractivity contribution in [3.63, 3.8) is 0 Å². The van der Waals surface area contributed by atoms with Gasteiger partial charge >= 0.3 is 0 Å². The molecule has 0 bridgehead atoms. The molecule has 0 aliphatic rings. The highest BCUT2D eigenvalue weighted by Crippen LogP contribution is 2.18. The first-order chi connectivity index (χ1) is 14.0. The highest BCUT2D eigenvalue weighted by atomic mass is 32.2. The summed E-state index contributed by atoms with van der Waals surface area (Å²) < 4.78 is 20.1. The molecule has 3 rings (SSSR count). The fourth-order valence-corrected chi connectivity index (χ4v) is 2.84. The molecule has 1 heterocycles. The summed E-state index contributed by atoms with van der Waals surface area (Å²) in [6.07, 6.45) is 0. The van der Waals surface area contributed by atoms with Gasteiger partial charge in [0.25, 0.3) is 5.91 Å². The fourth-order valence-electron chi connectivity index (χ4n) is 2.16. The highest BCUT2D eigenvalue weighted by Gasteiger charge is 2.14. The number of aromatic nitrogens is 3. The second-order valence-corrected chi connectivity index (χ2v) is 6.59. The molecule has 11 heteroatoms. The Kier molecular flexibility index (Phi) is 6.63. The monoisotopic (exact) mass is 416 g/mol. The number of nitrogens with zero attached hydrogens (tertiary/aromatic N) is 3. The van der Waals surface area contributed by atoms with Crippen LogP contribution in [0.1, 0.15) is 16.2 Å². The third kappa shape index (κ3) is 5.45. The predicted molar refractivity (Wildman–Crippen MR) is 104 cm³/mol. The Morgan fingerprint density at radius 3 is 2.55 bits per heavy atom. The van der Waals surface area contributed by atoms with Gasteiger partial charge in [0.05, 0.1) is 5.75 Å². The van der Waals surface area contributed by atoms with Crippen molar-refractivity contribution in [2.24, 2.45) is 0 Å². The molecule has 0 unspecified atom stereocenters. The van der Waals surface area contributed by atoms with Gasteiger partial charge in [-0.05, 0) is 24.3 Å². The van der Waals surface area contributed by atoms with Crippen LogP contribution < -0.4 is 21.4 Å².